The van der Waals surface area contributed by atoms with Gasteiger partial charge in [-0.15, -0.1) is 11.3 Å². The topological polar surface area (TPSA) is 111 Å². The molecule has 0 aliphatic carbocycles. The minimum Gasteiger partial charge on any atom is -0.457 e. The lowest BCUT2D eigenvalue weighted by atomic mass is 10.2. The average molecular weight is 441 g/mol. The van der Waals surface area contributed by atoms with E-state index in [1.54, 1.807) is 29.6 Å². The quantitative estimate of drug-likeness (QED) is 0.469. The SMILES string of the molecule is NC(=O)c1ccsc1NC(=O)CCC(=O)NCc1ccc(Oc2ccc(F)cc2)cc1. The zero-order valence-electron chi connectivity index (χ0n) is 16.4. The summed E-state index contributed by atoms with van der Waals surface area (Å²) >= 11 is 1.19. The molecule has 3 rings (SSSR count). The lowest BCUT2D eigenvalue weighted by Gasteiger charge is -2.08. The molecular formula is C22H20FN3O4S. The monoisotopic (exact) mass is 441 g/mol. The van der Waals surface area contributed by atoms with Crippen LogP contribution < -0.4 is 21.1 Å². The predicted molar refractivity (Wildman–Crippen MR) is 115 cm³/mol. The van der Waals surface area contributed by atoms with Crippen LogP contribution in [0.3, 0.4) is 0 Å². The highest BCUT2D eigenvalue weighted by Gasteiger charge is 2.13. The van der Waals surface area contributed by atoms with Crippen molar-refractivity contribution >= 4 is 34.1 Å². The molecule has 0 atom stereocenters. The van der Waals surface area contributed by atoms with Crippen molar-refractivity contribution in [1.29, 1.82) is 0 Å². The molecule has 0 radical (unpaired) electrons. The second-order valence-corrected chi connectivity index (χ2v) is 7.47. The highest BCUT2D eigenvalue weighted by Crippen LogP contribution is 2.23. The molecule has 1 aromatic heterocycles. The summed E-state index contributed by atoms with van der Waals surface area (Å²) in [5.74, 6) is -0.500. The van der Waals surface area contributed by atoms with Gasteiger partial charge in [-0.2, -0.15) is 0 Å². The largest absolute Gasteiger partial charge is 0.457 e. The van der Waals surface area contributed by atoms with Crippen molar-refractivity contribution in [3.63, 3.8) is 0 Å². The Bertz CT molecular complexity index is 1070. The number of rotatable bonds is 9. The number of ether oxygens (including phenoxy) is 1. The van der Waals surface area contributed by atoms with Gasteiger partial charge in [-0.25, -0.2) is 4.39 Å². The second-order valence-electron chi connectivity index (χ2n) is 6.55. The van der Waals surface area contributed by atoms with Gasteiger partial charge >= 0.3 is 0 Å². The molecule has 0 aliphatic heterocycles. The number of nitrogens with one attached hydrogen (secondary N) is 2. The molecule has 0 saturated carbocycles. The van der Waals surface area contributed by atoms with Gasteiger partial charge in [-0.05, 0) is 53.4 Å². The minimum atomic E-state index is -0.622. The van der Waals surface area contributed by atoms with Crippen LogP contribution >= 0.6 is 11.3 Å². The molecule has 9 heteroatoms. The van der Waals surface area contributed by atoms with Crippen LogP contribution in [0, 0.1) is 5.82 Å². The van der Waals surface area contributed by atoms with Crippen LogP contribution in [0.1, 0.15) is 28.8 Å². The molecule has 3 aromatic rings. The van der Waals surface area contributed by atoms with E-state index in [9.17, 15) is 18.8 Å². The molecule has 31 heavy (non-hydrogen) atoms. The van der Waals surface area contributed by atoms with E-state index in [-0.39, 0.29) is 36.0 Å². The average Bonchev–Trinajstić information content (AvgIpc) is 3.22. The summed E-state index contributed by atoms with van der Waals surface area (Å²) in [6, 6.07) is 14.3. The summed E-state index contributed by atoms with van der Waals surface area (Å²) in [6.07, 6.45) is -0.0126. The van der Waals surface area contributed by atoms with Gasteiger partial charge in [-0.3, -0.25) is 14.4 Å². The molecule has 1 heterocycles. The predicted octanol–water partition coefficient (Wildman–Crippen LogP) is 3.81. The molecule has 0 fully saturated rings. The van der Waals surface area contributed by atoms with Crippen LogP contribution in [-0.2, 0) is 16.1 Å². The summed E-state index contributed by atoms with van der Waals surface area (Å²) in [5.41, 5.74) is 6.34. The summed E-state index contributed by atoms with van der Waals surface area (Å²) in [4.78, 5) is 35.3. The van der Waals surface area contributed by atoms with E-state index < -0.39 is 5.91 Å². The number of thiophene rings is 1. The molecule has 2 aromatic carbocycles. The number of hydrogen-bond donors (Lipinski definition) is 3. The first-order valence-electron chi connectivity index (χ1n) is 9.37. The van der Waals surface area contributed by atoms with Crippen LogP contribution in [0.5, 0.6) is 11.5 Å². The van der Waals surface area contributed by atoms with Crippen molar-refractivity contribution in [1.82, 2.24) is 5.32 Å². The van der Waals surface area contributed by atoms with Crippen LogP contribution in [0.15, 0.2) is 60.0 Å². The van der Waals surface area contributed by atoms with Crippen molar-refractivity contribution in [3.05, 3.63) is 76.9 Å². The van der Waals surface area contributed by atoms with Crippen molar-refractivity contribution < 1.29 is 23.5 Å². The third kappa shape index (κ3) is 6.65. The normalized spacial score (nSPS) is 10.4. The maximum Gasteiger partial charge on any atom is 0.251 e. The first-order chi connectivity index (χ1) is 14.9. The number of anilines is 1. The Kier molecular flexibility index (Phi) is 7.34. The smallest absolute Gasteiger partial charge is 0.251 e. The highest BCUT2D eigenvalue weighted by atomic mass is 32.1. The van der Waals surface area contributed by atoms with Gasteiger partial charge in [0.25, 0.3) is 5.91 Å². The summed E-state index contributed by atoms with van der Waals surface area (Å²) < 4.78 is 18.5. The molecule has 4 N–H and O–H groups in total. The van der Waals surface area contributed by atoms with E-state index in [0.717, 1.165) is 5.56 Å². The fraction of sp³-hybridized carbons (Fsp3) is 0.136. The molecular weight excluding hydrogens is 421 g/mol. The van der Waals surface area contributed by atoms with Crippen LogP contribution in [0.4, 0.5) is 9.39 Å². The number of benzene rings is 2. The number of carbonyl (C=O) groups is 3. The molecule has 0 saturated heterocycles. The Morgan fingerprint density at radius 2 is 1.52 bits per heavy atom. The van der Waals surface area contributed by atoms with E-state index in [2.05, 4.69) is 10.6 Å². The summed E-state index contributed by atoms with van der Waals surface area (Å²) in [7, 11) is 0. The van der Waals surface area contributed by atoms with Crippen LogP contribution in [0.25, 0.3) is 0 Å². The van der Waals surface area contributed by atoms with Gasteiger partial charge in [0.2, 0.25) is 11.8 Å². The molecule has 0 aliphatic rings. The lowest BCUT2D eigenvalue weighted by Crippen LogP contribution is -2.24. The fourth-order valence-corrected chi connectivity index (χ4v) is 3.43. The number of carbonyl (C=O) groups excluding carboxylic acids is 3. The van der Waals surface area contributed by atoms with Gasteiger partial charge in [-0.1, -0.05) is 12.1 Å². The Hall–Kier alpha value is -3.72. The number of hydrogen-bond acceptors (Lipinski definition) is 5. The lowest BCUT2D eigenvalue weighted by molar-refractivity contribution is -0.124. The fourth-order valence-electron chi connectivity index (χ4n) is 2.62. The molecule has 7 nitrogen and oxygen atoms in total. The molecule has 0 unspecified atom stereocenters. The Morgan fingerprint density at radius 1 is 0.903 bits per heavy atom. The summed E-state index contributed by atoms with van der Waals surface area (Å²) in [5, 5.41) is 7.37. The van der Waals surface area contributed by atoms with Crippen LogP contribution in [-0.4, -0.2) is 17.7 Å². The maximum absolute atomic E-state index is 12.9. The first-order valence-corrected chi connectivity index (χ1v) is 10.2. The highest BCUT2D eigenvalue weighted by molar-refractivity contribution is 7.14. The van der Waals surface area contributed by atoms with E-state index in [0.29, 0.717) is 23.0 Å². The van der Waals surface area contributed by atoms with Gasteiger partial charge in [0, 0.05) is 19.4 Å². The molecule has 0 spiro atoms. The Labute approximate surface area is 182 Å². The standard InChI is InChI=1S/C22H20FN3O4S/c23-15-3-7-17(8-4-15)30-16-5-1-14(2-6-16)13-25-19(27)9-10-20(28)26-22-18(21(24)29)11-12-31-22/h1-8,11-12H,9-10,13H2,(H2,24,29)(H,25,27)(H,26,28). The number of nitrogens with two attached hydrogens (primary N) is 1. The minimum absolute atomic E-state index is 0.00880. The Balaban J connectivity index is 1.41. The van der Waals surface area contributed by atoms with Crippen molar-refractivity contribution in [3.8, 4) is 11.5 Å². The number of amides is 3. The zero-order valence-corrected chi connectivity index (χ0v) is 17.2. The van der Waals surface area contributed by atoms with Gasteiger partial charge < -0.3 is 21.1 Å². The third-order valence-corrected chi connectivity index (χ3v) is 5.05. The maximum atomic E-state index is 12.9. The van der Waals surface area contributed by atoms with Crippen molar-refractivity contribution in [2.75, 3.05) is 5.32 Å². The Morgan fingerprint density at radius 3 is 2.16 bits per heavy atom. The van der Waals surface area contributed by atoms with E-state index in [4.69, 9.17) is 10.5 Å². The number of halogens is 1. The van der Waals surface area contributed by atoms with Crippen LogP contribution in [0.2, 0.25) is 0 Å². The second kappa shape index (κ2) is 10.4. The summed E-state index contributed by atoms with van der Waals surface area (Å²) in [6.45, 7) is 0.300. The van der Waals surface area contributed by atoms with Crippen molar-refractivity contribution in [2.45, 2.75) is 19.4 Å². The molecule has 160 valence electrons. The number of primary amides is 1. The zero-order chi connectivity index (χ0) is 22.2. The van der Waals surface area contributed by atoms with Crippen molar-refractivity contribution in [2.24, 2.45) is 5.73 Å². The van der Waals surface area contributed by atoms with E-state index in [1.807, 2.05) is 0 Å². The third-order valence-electron chi connectivity index (χ3n) is 4.23. The van der Waals surface area contributed by atoms with E-state index in [1.165, 1.54) is 41.7 Å². The van der Waals surface area contributed by atoms with E-state index >= 15 is 0 Å². The first kappa shape index (κ1) is 22.0. The molecule has 0 bridgehead atoms. The van der Waals surface area contributed by atoms with Gasteiger partial charge in [0.15, 0.2) is 0 Å². The molecule has 3 amide bonds. The van der Waals surface area contributed by atoms with Gasteiger partial charge in [0.1, 0.15) is 22.3 Å². The van der Waals surface area contributed by atoms with Gasteiger partial charge in [0.05, 0.1) is 5.56 Å².